The Kier molecular flexibility index (Phi) is 7.59. The maximum absolute atomic E-state index is 13.1. The first-order valence-electron chi connectivity index (χ1n) is 8.30. The number of alkyl halides is 3. The summed E-state index contributed by atoms with van der Waals surface area (Å²) < 4.78 is 39.4. The van der Waals surface area contributed by atoms with Gasteiger partial charge in [-0.15, -0.1) is 0 Å². The molecule has 0 fully saturated rings. The molecule has 0 radical (unpaired) electrons. The third-order valence-corrected chi connectivity index (χ3v) is 4.01. The molecule has 0 bridgehead atoms. The number of hydrogen-bond acceptors (Lipinski definition) is 2. The van der Waals surface area contributed by atoms with Crippen molar-refractivity contribution in [3.8, 4) is 0 Å². The number of Topliss-reactive ketones (excluding diaryl/α,β-unsaturated/α-hetero) is 1. The maximum atomic E-state index is 13.1. The van der Waals surface area contributed by atoms with Crippen LogP contribution >= 0.6 is 0 Å². The van der Waals surface area contributed by atoms with Gasteiger partial charge in [0.25, 0.3) is 0 Å². The van der Waals surface area contributed by atoms with E-state index >= 15 is 0 Å². The molecule has 23 heavy (non-hydrogen) atoms. The number of halogens is 3. The molecule has 0 spiro atoms. The Morgan fingerprint density at radius 1 is 1.17 bits per heavy atom. The van der Waals surface area contributed by atoms with Crippen molar-refractivity contribution in [3.05, 3.63) is 29.3 Å². The van der Waals surface area contributed by atoms with Gasteiger partial charge in [0.1, 0.15) is 0 Å². The lowest BCUT2D eigenvalue weighted by molar-refractivity contribution is -0.137. The number of hydrogen-bond donors (Lipinski definition) is 1. The van der Waals surface area contributed by atoms with E-state index in [1.54, 1.807) is 13.8 Å². The SMILES string of the molecule is CCCCCCNc1ccc(C(F)(F)F)c(C(=O)C(C)CC)c1. The topological polar surface area (TPSA) is 29.1 Å². The molecule has 0 aromatic heterocycles. The standard InChI is InChI=1S/C18H26F3NO/c1-4-6-7-8-11-22-14-9-10-16(18(19,20)21)15(12-14)17(23)13(3)5-2/h9-10,12-13,22H,4-8,11H2,1-3H3. The third kappa shape index (κ3) is 5.88. The van der Waals surface area contributed by atoms with Gasteiger partial charge in [-0.25, -0.2) is 0 Å². The quantitative estimate of drug-likeness (QED) is 0.449. The number of anilines is 1. The van der Waals surface area contributed by atoms with E-state index in [4.69, 9.17) is 0 Å². The van der Waals surface area contributed by atoms with Crippen LogP contribution in [0.25, 0.3) is 0 Å². The zero-order valence-corrected chi connectivity index (χ0v) is 14.1. The van der Waals surface area contributed by atoms with Crippen molar-refractivity contribution < 1.29 is 18.0 Å². The number of benzene rings is 1. The second-order valence-corrected chi connectivity index (χ2v) is 5.92. The molecule has 0 heterocycles. The highest BCUT2D eigenvalue weighted by molar-refractivity contribution is 6.00. The molecule has 0 saturated heterocycles. The average Bonchev–Trinajstić information content (AvgIpc) is 2.52. The van der Waals surface area contributed by atoms with E-state index in [1.165, 1.54) is 12.1 Å². The number of carbonyl (C=O) groups is 1. The van der Waals surface area contributed by atoms with Crippen LogP contribution < -0.4 is 5.32 Å². The molecule has 5 heteroatoms. The largest absolute Gasteiger partial charge is 0.417 e. The number of ketones is 1. The van der Waals surface area contributed by atoms with Crippen LogP contribution in [0.3, 0.4) is 0 Å². The Labute approximate surface area is 136 Å². The molecular weight excluding hydrogens is 303 g/mol. The van der Waals surface area contributed by atoms with Gasteiger partial charge in [-0.05, 0) is 31.0 Å². The Bertz CT molecular complexity index is 511. The van der Waals surface area contributed by atoms with Crippen LogP contribution in [-0.2, 0) is 6.18 Å². The summed E-state index contributed by atoms with van der Waals surface area (Å²) in [6.07, 6.45) is 0.329. The second kappa shape index (κ2) is 8.94. The fraction of sp³-hybridized carbons (Fsp3) is 0.611. The molecule has 0 saturated carbocycles. The van der Waals surface area contributed by atoms with Crippen molar-refractivity contribution in [3.63, 3.8) is 0 Å². The van der Waals surface area contributed by atoms with Gasteiger partial charge in [0.15, 0.2) is 5.78 Å². The van der Waals surface area contributed by atoms with Crippen LogP contribution in [0.5, 0.6) is 0 Å². The van der Waals surface area contributed by atoms with Gasteiger partial charge in [0.2, 0.25) is 0 Å². The van der Waals surface area contributed by atoms with E-state index in [0.717, 1.165) is 31.7 Å². The van der Waals surface area contributed by atoms with Gasteiger partial charge in [-0.1, -0.05) is 40.0 Å². The number of rotatable bonds is 9. The minimum Gasteiger partial charge on any atom is -0.385 e. The Balaban J connectivity index is 2.94. The molecular formula is C18H26F3NO. The summed E-state index contributed by atoms with van der Waals surface area (Å²) in [5.74, 6) is -0.870. The fourth-order valence-electron chi connectivity index (χ4n) is 2.34. The van der Waals surface area contributed by atoms with Crippen molar-refractivity contribution in [2.75, 3.05) is 11.9 Å². The lowest BCUT2D eigenvalue weighted by Crippen LogP contribution is -2.18. The van der Waals surface area contributed by atoms with Crippen LogP contribution in [0, 0.1) is 5.92 Å². The van der Waals surface area contributed by atoms with Gasteiger partial charge < -0.3 is 5.32 Å². The predicted molar refractivity (Wildman–Crippen MR) is 87.9 cm³/mol. The molecule has 1 atom stereocenters. The predicted octanol–water partition coefficient (Wildman–Crippen LogP) is 5.93. The molecule has 1 rings (SSSR count). The van der Waals surface area contributed by atoms with Crippen molar-refractivity contribution in [2.45, 2.75) is 59.1 Å². The molecule has 1 aromatic carbocycles. The zero-order valence-electron chi connectivity index (χ0n) is 14.1. The minimum atomic E-state index is -4.52. The number of nitrogens with one attached hydrogen (secondary N) is 1. The molecule has 130 valence electrons. The van der Waals surface area contributed by atoms with E-state index < -0.39 is 23.4 Å². The third-order valence-electron chi connectivity index (χ3n) is 4.01. The molecule has 0 aliphatic heterocycles. The van der Waals surface area contributed by atoms with Gasteiger partial charge in [0, 0.05) is 23.7 Å². The first-order chi connectivity index (χ1) is 10.8. The van der Waals surface area contributed by atoms with Crippen LogP contribution in [-0.4, -0.2) is 12.3 Å². The summed E-state index contributed by atoms with van der Waals surface area (Å²) in [5.41, 5.74) is -0.508. The summed E-state index contributed by atoms with van der Waals surface area (Å²) in [5, 5.41) is 3.11. The van der Waals surface area contributed by atoms with Gasteiger partial charge in [-0.3, -0.25) is 4.79 Å². The van der Waals surface area contributed by atoms with Gasteiger partial charge in [-0.2, -0.15) is 13.2 Å². The zero-order chi connectivity index (χ0) is 17.5. The lowest BCUT2D eigenvalue weighted by Gasteiger charge is -2.16. The summed E-state index contributed by atoms with van der Waals surface area (Å²) in [6.45, 7) is 6.28. The molecule has 1 N–H and O–H groups in total. The molecule has 1 unspecified atom stereocenters. The van der Waals surface area contributed by atoms with Crippen molar-refractivity contribution in [1.29, 1.82) is 0 Å². The highest BCUT2D eigenvalue weighted by Gasteiger charge is 2.35. The van der Waals surface area contributed by atoms with E-state index in [0.29, 0.717) is 18.7 Å². The Hall–Kier alpha value is -1.52. The normalized spacial score (nSPS) is 13.0. The number of unbranched alkanes of at least 4 members (excludes halogenated alkanes) is 3. The van der Waals surface area contributed by atoms with E-state index in [-0.39, 0.29) is 5.56 Å². The van der Waals surface area contributed by atoms with Crippen molar-refractivity contribution in [2.24, 2.45) is 5.92 Å². The van der Waals surface area contributed by atoms with Gasteiger partial charge in [0.05, 0.1) is 5.56 Å². The molecule has 0 aliphatic carbocycles. The first-order valence-corrected chi connectivity index (χ1v) is 8.30. The van der Waals surface area contributed by atoms with Crippen LogP contribution in [0.2, 0.25) is 0 Å². The van der Waals surface area contributed by atoms with E-state index in [1.807, 2.05) is 0 Å². The molecule has 1 aromatic rings. The highest BCUT2D eigenvalue weighted by atomic mass is 19.4. The molecule has 0 aliphatic rings. The summed E-state index contributed by atoms with van der Waals surface area (Å²) in [4.78, 5) is 12.3. The maximum Gasteiger partial charge on any atom is 0.417 e. The fourth-order valence-corrected chi connectivity index (χ4v) is 2.34. The lowest BCUT2D eigenvalue weighted by atomic mass is 9.93. The van der Waals surface area contributed by atoms with Crippen LogP contribution in [0.4, 0.5) is 18.9 Å². The average molecular weight is 329 g/mol. The smallest absolute Gasteiger partial charge is 0.385 e. The Morgan fingerprint density at radius 2 is 1.87 bits per heavy atom. The summed E-state index contributed by atoms with van der Waals surface area (Å²) in [6, 6.07) is 3.75. The van der Waals surface area contributed by atoms with E-state index in [2.05, 4.69) is 12.2 Å². The Morgan fingerprint density at radius 3 is 2.43 bits per heavy atom. The summed E-state index contributed by atoms with van der Waals surface area (Å²) >= 11 is 0. The van der Waals surface area contributed by atoms with Crippen LogP contribution in [0.1, 0.15) is 68.8 Å². The monoisotopic (exact) mass is 329 g/mol. The van der Waals surface area contributed by atoms with Crippen molar-refractivity contribution in [1.82, 2.24) is 0 Å². The molecule has 2 nitrogen and oxygen atoms in total. The second-order valence-electron chi connectivity index (χ2n) is 5.92. The first kappa shape index (κ1) is 19.5. The number of carbonyl (C=O) groups excluding carboxylic acids is 1. The van der Waals surface area contributed by atoms with Crippen LogP contribution in [0.15, 0.2) is 18.2 Å². The minimum absolute atomic E-state index is 0.231. The van der Waals surface area contributed by atoms with Gasteiger partial charge >= 0.3 is 6.18 Å². The highest BCUT2D eigenvalue weighted by Crippen LogP contribution is 2.34. The molecule has 0 amide bonds. The van der Waals surface area contributed by atoms with Crippen molar-refractivity contribution >= 4 is 11.5 Å². The van der Waals surface area contributed by atoms with E-state index in [9.17, 15) is 18.0 Å². The summed E-state index contributed by atoms with van der Waals surface area (Å²) in [7, 11) is 0.